The minimum atomic E-state index is -0.103. The van der Waals surface area contributed by atoms with Gasteiger partial charge in [-0.2, -0.15) is 0 Å². The zero-order valence-corrected chi connectivity index (χ0v) is 10.1. The van der Waals surface area contributed by atoms with Crippen LogP contribution in [0.4, 0.5) is 4.53 Å². The highest BCUT2D eigenvalue weighted by Crippen LogP contribution is 2.33. The number of ether oxygens (including phenoxy) is 1. The van der Waals surface area contributed by atoms with E-state index in [0.29, 0.717) is 17.4 Å². The molecule has 0 saturated carbocycles. The van der Waals surface area contributed by atoms with Gasteiger partial charge in [-0.15, -0.1) is 0 Å². The summed E-state index contributed by atoms with van der Waals surface area (Å²) in [5.41, 5.74) is 1.45. The van der Waals surface area contributed by atoms with Gasteiger partial charge in [-0.05, 0) is 35.4 Å². The van der Waals surface area contributed by atoms with Gasteiger partial charge in [0.25, 0.3) is 0 Å². The quantitative estimate of drug-likeness (QED) is 0.860. The van der Waals surface area contributed by atoms with E-state index < -0.39 is 0 Å². The number of phenolic OH excluding ortho intramolecular Hbond substituents is 1. The van der Waals surface area contributed by atoms with Crippen LogP contribution in [0.15, 0.2) is 36.4 Å². The molecule has 1 N–H and O–H groups in total. The zero-order valence-electron chi connectivity index (χ0n) is 10.1. The zero-order chi connectivity index (χ0) is 13.8. The van der Waals surface area contributed by atoms with Crippen LogP contribution in [0.1, 0.15) is 10.4 Å². The molecule has 0 fully saturated rings. The Morgan fingerprint density at radius 2 is 1.79 bits per heavy atom. The summed E-state index contributed by atoms with van der Waals surface area (Å²) in [6, 6.07) is 9.22. The SMILES string of the molecule is COc1ccc(-c2ccc(O)c(C=O)c2)cc1OF. The summed E-state index contributed by atoms with van der Waals surface area (Å²) in [4.78, 5) is 14.5. The molecule has 0 spiro atoms. The van der Waals surface area contributed by atoms with Gasteiger partial charge in [0.05, 0.1) is 12.7 Å². The molecule has 19 heavy (non-hydrogen) atoms. The fraction of sp³-hybridized carbons (Fsp3) is 0.0714. The molecule has 2 rings (SSSR count). The minimum absolute atomic E-state index is 0.0549. The highest BCUT2D eigenvalue weighted by Gasteiger charge is 2.09. The maximum absolute atomic E-state index is 12.4. The van der Waals surface area contributed by atoms with E-state index in [1.165, 1.54) is 25.3 Å². The topological polar surface area (TPSA) is 55.8 Å². The summed E-state index contributed by atoms with van der Waals surface area (Å²) >= 11 is 0. The van der Waals surface area contributed by atoms with E-state index in [-0.39, 0.29) is 22.8 Å². The maximum Gasteiger partial charge on any atom is 0.214 e. The molecular formula is C14H11FO4. The third-order valence-corrected chi connectivity index (χ3v) is 2.73. The fourth-order valence-electron chi connectivity index (χ4n) is 1.75. The summed E-state index contributed by atoms with van der Waals surface area (Å²) < 4.78 is 17.3. The molecule has 0 heterocycles. The Kier molecular flexibility index (Phi) is 3.66. The smallest absolute Gasteiger partial charge is 0.214 e. The van der Waals surface area contributed by atoms with Crippen molar-refractivity contribution in [2.75, 3.05) is 7.11 Å². The second-order valence-electron chi connectivity index (χ2n) is 3.83. The predicted octanol–water partition coefficient (Wildman–Crippen LogP) is 3.14. The van der Waals surface area contributed by atoms with Crippen LogP contribution in [0.25, 0.3) is 11.1 Å². The average molecular weight is 262 g/mol. The van der Waals surface area contributed by atoms with Crippen LogP contribution in [-0.4, -0.2) is 18.5 Å². The molecule has 98 valence electrons. The van der Waals surface area contributed by atoms with E-state index in [1.54, 1.807) is 18.2 Å². The lowest BCUT2D eigenvalue weighted by molar-refractivity contribution is -0.00890. The number of carbonyl (C=O) groups is 1. The van der Waals surface area contributed by atoms with Crippen molar-refractivity contribution >= 4 is 6.29 Å². The second-order valence-corrected chi connectivity index (χ2v) is 3.83. The maximum atomic E-state index is 12.4. The lowest BCUT2D eigenvalue weighted by atomic mass is 10.0. The van der Waals surface area contributed by atoms with Gasteiger partial charge in [-0.3, -0.25) is 9.74 Å². The van der Waals surface area contributed by atoms with Crippen molar-refractivity contribution in [1.29, 1.82) is 0 Å². The third-order valence-electron chi connectivity index (χ3n) is 2.73. The highest BCUT2D eigenvalue weighted by molar-refractivity contribution is 5.83. The molecule has 0 aromatic heterocycles. The standard InChI is InChI=1S/C14H11FO4/c1-18-13-5-3-10(7-14(13)19-15)9-2-4-12(17)11(6-9)8-16/h2-8,17H,1H3. The second kappa shape index (κ2) is 5.39. The Morgan fingerprint density at radius 3 is 2.42 bits per heavy atom. The number of benzene rings is 2. The summed E-state index contributed by atoms with van der Waals surface area (Å²) in [5, 5.41) is 9.43. The average Bonchev–Trinajstić information content (AvgIpc) is 2.47. The summed E-state index contributed by atoms with van der Waals surface area (Å²) in [6.45, 7) is 0. The molecule has 0 aliphatic carbocycles. The summed E-state index contributed by atoms with van der Waals surface area (Å²) in [7, 11) is 1.41. The minimum Gasteiger partial charge on any atom is -0.507 e. The van der Waals surface area contributed by atoms with Crippen molar-refractivity contribution in [1.82, 2.24) is 0 Å². The first-order valence-electron chi connectivity index (χ1n) is 5.44. The van der Waals surface area contributed by atoms with Gasteiger partial charge < -0.3 is 9.84 Å². The molecule has 0 aliphatic rings. The first kappa shape index (κ1) is 12.9. The molecule has 0 atom stereocenters. The van der Waals surface area contributed by atoms with Crippen molar-refractivity contribution in [2.24, 2.45) is 0 Å². The molecular weight excluding hydrogens is 251 g/mol. The summed E-state index contributed by atoms with van der Waals surface area (Å²) in [6.07, 6.45) is 0.551. The first-order valence-corrected chi connectivity index (χ1v) is 5.44. The van der Waals surface area contributed by atoms with Gasteiger partial charge in [-0.25, -0.2) is 0 Å². The lowest BCUT2D eigenvalue weighted by Crippen LogP contribution is -1.89. The van der Waals surface area contributed by atoms with E-state index >= 15 is 0 Å². The number of halogens is 1. The molecule has 5 heteroatoms. The number of rotatable bonds is 4. The van der Waals surface area contributed by atoms with Gasteiger partial charge in [0, 0.05) is 4.53 Å². The van der Waals surface area contributed by atoms with Crippen LogP contribution < -0.4 is 9.68 Å². The molecule has 2 aromatic carbocycles. The van der Waals surface area contributed by atoms with Crippen molar-refractivity contribution < 1.29 is 24.1 Å². The van der Waals surface area contributed by atoms with Crippen molar-refractivity contribution in [2.45, 2.75) is 0 Å². The lowest BCUT2D eigenvalue weighted by Gasteiger charge is -2.08. The van der Waals surface area contributed by atoms with E-state index in [9.17, 15) is 14.4 Å². The molecule has 4 nitrogen and oxygen atoms in total. The molecule has 0 bridgehead atoms. The molecule has 0 aliphatic heterocycles. The Hall–Kier alpha value is -2.56. The molecule has 0 radical (unpaired) electrons. The van der Waals surface area contributed by atoms with Gasteiger partial charge in [0.1, 0.15) is 5.75 Å². The number of phenols is 1. The first-order chi connectivity index (χ1) is 9.19. The molecule has 2 aromatic rings. The number of aromatic hydroxyl groups is 1. The van der Waals surface area contributed by atoms with E-state index in [0.717, 1.165) is 0 Å². The number of carbonyl (C=O) groups excluding carboxylic acids is 1. The van der Waals surface area contributed by atoms with Gasteiger partial charge in [0.2, 0.25) is 5.75 Å². The van der Waals surface area contributed by atoms with Gasteiger partial charge >= 0.3 is 0 Å². The van der Waals surface area contributed by atoms with Crippen LogP contribution in [0.5, 0.6) is 17.2 Å². The van der Waals surface area contributed by atoms with Crippen molar-refractivity contribution in [3.63, 3.8) is 0 Å². The van der Waals surface area contributed by atoms with Crippen LogP contribution in [0, 0.1) is 0 Å². The number of aldehydes is 1. The van der Waals surface area contributed by atoms with E-state index in [4.69, 9.17) is 4.74 Å². The Morgan fingerprint density at radius 1 is 1.11 bits per heavy atom. The van der Waals surface area contributed by atoms with Crippen LogP contribution in [0.3, 0.4) is 0 Å². The molecule has 0 unspecified atom stereocenters. The normalized spacial score (nSPS) is 10.0. The number of hydrogen-bond donors (Lipinski definition) is 1. The fourth-order valence-corrected chi connectivity index (χ4v) is 1.75. The van der Waals surface area contributed by atoms with Crippen molar-refractivity contribution in [3.8, 4) is 28.4 Å². The Labute approximate surface area is 108 Å². The molecule has 0 amide bonds. The Balaban J connectivity index is 2.49. The predicted molar refractivity (Wildman–Crippen MR) is 67.2 cm³/mol. The van der Waals surface area contributed by atoms with Crippen LogP contribution in [0.2, 0.25) is 0 Å². The van der Waals surface area contributed by atoms with Gasteiger partial charge in [-0.1, -0.05) is 12.1 Å². The van der Waals surface area contributed by atoms with Gasteiger partial charge in [0.15, 0.2) is 12.0 Å². The van der Waals surface area contributed by atoms with Crippen molar-refractivity contribution in [3.05, 3.63) is 42.0 Å². The van der Waals surface area contributed by atoms with Crippen LogP contribution >= 0.6 is 0 Å². The van der Waals surface area contributed by atoms with E-state index in [1.807, 2.05) is 0 Å². The number of methoxy groups -OCH3 is 1. The molecule has 0 saturated heterocycles. The Bertz CT molecular complexity index is 610. The highest BCUT2D eigenvalue weighted by atomic mass is 19.3. The van der Waals surface area contributed by atoms with Crippen LogP contribution in [-0.2, 0) is 0 Å². The number of hydrogen-bond acceptors (Lipinski definition) is 4. The van der Waals surface area contributed by atoms with E-state index in [2.05, 4.69) is 4.94 Å². The third kappa shape index (κ3) is 2.49. The summed E-state index contributed by atoms with van der Waals surface area (Å²) in [5.74, 6) is 0.107. The monoisotopic (exact) mass is 262 g/mol. The largest absolute Gasteiger partial charge is 0.507 e.